The Labute approximate surface area is 349 Å². The van der Waals surface area contributed by atoms with E-state index in [-0.39, 0.29) is 12.5 Å². The first kappa shape index (κ1) is 53.8. The van der Waals surface area contributed by atoms with E-state index in [9.17, 15) is 15.0 Å². The second-order valence-corrected chi connectivity index (χ2v) is 16.2. The predicted molar refractivity (Wildman–Crippen MR) is 248 cm³/mol. The van der Waals surface area contributed by atoms with Gasteiger partial charge in [0.15, 0.2) is 0 Å². The fourth-order valence-electron chi connectivity index (χ4n) is 7.07. The van der Waals surface area contributed by atoms with Crippen molar-refractivity contribution >= 4 is 5.91 Å². The van der Waals surface area contributed by atoms with Crippen LogP contribution >= 0.6 is 0 Å². The number of carbonyl (C=O) groups is 1. The van der Waals surface area contributed by atoms with Crippen LogP contribution in [0.5, 0.6) is 0 Å². The molecule has 0 aromatic rings. The molecular weight excluding hydrogens is 687 g/mol. The number of nitrogens with one attached hydrogen (secondary N) is 1. The van der Waals surface area contributed by atoms with Crippen LogP contribution in [0, 0.1) is 0 Å². The van der Waals surface area contributed by atoms with Crippen LogP contribution in [0.2, 0.25) is 0 Å². The molecule has 0 aromatic carbocycles. The molecule has 2 unspecified atom stereocenters. The van der Waals surface area contributed by atoms with Crippen LogP contribution in [0.1, 0.15) is 232 Å². The summed E-state index contributed by atoms with van der Waals surface area (Å²) in [6.07, 6.45) is 67.6. The molecular formula is C52H93NO3. The van der Waals surface area contributed by atoms with Gasteiger partial charge in [0.2, 0.25) is 5.91 Å². The Morgan fingerprint density at radius 2 is 0.786 bits per heavy atom. The highest BCUT2D eigenvalue weighted by Crippen LogP contribution is 2.16. The van der Waals surface area contributed by atoms with E-state index < -0.39 is 12.1 Å². The average molecular weight is 780 g/mol. The number of unbranched alkanes of at least 4 members (excludes halogenated alkanes) is 24. The van der Waals surface area contributed by atoms with Gasteiger partial charge in [0.1, 0.15) is 0 Å². The van der Waals surface area contributed by atoms with E-state index in [1.165, 1.54) is 141 Å². The Hall–Kier alpha value is -2.17. The van der Waals surface area contributed by atoms with E-state index in [2.05, 4.69) is 92.1 Å². The minimum atomic E-state index is -0.655. The number of aliphatic hydroxyl groups is 2. The van der Waals surface area contributed by atoms with Crippen LogP contribution in [-0.2, 0) is 4.79 Å². The molecule has 1 amide bonds. The highest BCUT2D eigenvalue weighted by Gasteiger charge is 2.19. The lowest BCUT2D eigenvalue weighted by Crippen LogP contribution is -2.45. The van der Waals surface area contributed by atoms with Crippen molar-refractivity contribution in [3.63, 3.8) is 0 Å². The van der Waals surface area contributed by atoms with Crippen LogP contribution in [0.15, 0.2) is 72.9 Å². The van der Waals surface area contributed by atoms with Gasteiger partial charge in [-0.2, -0.15) is 0 Å². The van der Waals surface area contributed by atoms with Gasteiger partial charge in [-0.15, -0.1) is 0 Å². The van der Waals surface area contributed by atoms with Crippen LogP contribution < -0.4 is 5.32 Å². The first-order chi connectivity index (χ1) is 27.7. The van der Waals surface area contributed by atoms with Gasteiger partial charge in [0.05, 0.1) is 18.8 Å². The van der Waals surface area contributed by atoms with Crippen LogP contribution in [0.25, 0.3) is 0 Å². The highest BCUT2D eigenvalue weighted by atomic mass is 16.3. The molecule has 0 aliphatic carbocycles. The molecule has 0 fully saturated rings. The summed E-state index contributed by atoms with van der Waals surface area (Å²) in [5.74, 6) is -0.0382. The number of rotatable bonds is 43. The molecule has 2 atom stereocenters. The van der Waals surface area contributed by atoms with Crippen molar-refractivity contribution in [1.29, 1.82) is 0 Å². The third-order valence-electron chi connectivity index (χ3n) is 10.7. The Bertz CT molecular complexity index is 977. The Morgan fingerprint density at radius 3 is 1.18 bits per heavy atom. The summed E-state index contributed by atoms with van der Waals surface area (Å²) < 4.78 is 0. The smallest absolute Gasteiger partial charge is 0.220 e. The van der Waals surface area contributed by atoms with E-state index in [1.807, 2.05) is 0 Å². The molecule has 0 bridgehead atoms. The fraction of sp³-hybridized carbons (Fsp3) is 0.750. The number of aliphatic hydroxyl groups excluding tert-OH is 2. The molecule has 56 heavy (non-hydrogen) atoms. The van der Waals surface area contributed by atoms with Gasteiger partial charge in [-0.3, -0.25) is 4.79 Å². The largest absolute Gasteiger partial charge is 0.394 e. The summed E-state index contributed by atoms with van der Waals surface area (Å²) in [6, 6.07) is -0.532. The van der Waals surface area contributed by atoms with E-state index in [0.29, 0.717) is 12.8 Å². The third-order valence-corrected chi connectivity index (χ3v) is 10.7. The zero-order valence-electron chi connectivity index (χ0n) is 37.1. The highest BCUT2D eigenvalue weighted by molar-refractivity contribution is 5.76. The normalized spacial score (nSPS) is 13.6. The lowest BCUT2D eigenvalue weighted by atomic mass is 10.0. The SMILES string of the molecule is CC/C=C\C/C=C\C/C=C\C/C=C\C/C=C\C/C=C\CCCCCCCCCCCCCCCCCCCCCCC(=O)NC(CO)C(O)CCCCCCC. The van der Waals surface area contributed by atoms with Gasteiger partial charge in [-0.25, -0.2) is 0 Å². The van der Waals surface area contributed by atoms with Crippen molar-refractivity contribution in [3.8, 4) is 0 Å². The molecule has 4 nitrogen and oxygen atoms in total. The monoisotopic (exact) mass is 780 g/mol. The molecule has 0 saturated heterocycles. The lowest BCUT2D eigenvalue weighted by Gasteiger charge is -2.22. The molecule has 0 aliphatic heterocycles. The first-order valence-electron chi connectivity index (χ1n) is 24.1. The van der Waals surface area contributed by atoms with Crippen molar-refractivity contribution in [3.05, 3.63) is 72.9 Å². The summed E-state index contributed by atoms with van der Waals surface area (Å²) in [5.41, 5.74) is 0. The van der Waals surface area contributed by atoms with Gasteiger partial charge >= 0.3 is 0 Å². The second kappa shape index (κ2) is 47.2. The summed E-state index contributed by atoms with van der Waals surface area (Å²) in [4.78, 5) is 12.3. The minimum Gasteiger partial charge on any atom is -0.394 e. The van der Waals surface area contributed by atoms with Gasteiger partial charge < -0.3 is 15.5 Å². The molecule has 324 valence electrons. The van der Waals surface area contributed by atoms with Crippen molar-refractivity contribution in [2.75, 3.05) is 6.61 Å². The van der Waals surface area contributed by atoms with E-state index in [1.54, 1.807) is 0 Å². The van der Waals surface area contributed by atoms with Crippen molar-refractivity contribution in [1.82, 2.24) is 5.32 Å². The Balaban J connectivity index is 3.38. The summed E-state index contributed by atoms with van der Waals surface area (Å²) in [5, 5.41) is 22.8. The molecule has 0 aliphatic rings. The van der Waals surface area contributed by atoms with Crippen LogP contribution in [0.3, 0.4) is 0 Å². The van der Waals surface area contributed by atoms with Gasteiger partial charge in [-0.05, 0) is 64.2 Å². The first-order valence-corrected chi connectivity index (χ1v) is 24.1. The van der Waals surface area contributed by atoms with Gasteiger partial charge in [0, 0.05) is 6.42 Å². The molecule has 3 N–H and O–H groups in total. The Morgan fingerprint density at radius 1 is 0.446 bits per heavy atom. The topological polar surface area (TPSA) is 69.6 Å². The van der Waals surface area contributed by atoms with Crippen LogP contribution in [0.4, 0.5) is 0 Å². The van der Waals surface area contributed by atoms with Crippen molar-refractivity contribution < 1.29 is 15.0 Å². The maximum absolute atomic E-state index is 12.3. The standard InChI is InChI=1S/C52H93NO3/c1-3-5-7-9-10-11-12-13-14-15-16-17-18-19-20-21-22-23-24-25-26-27-28-29-30-31-32-33-34-35-36-37-38-39-40-41-42-44-46-48-52(56)53-50(49-54)51(55)47-45-43-8-6-4-2/h5,7,10-11,13-14,16-17,19-20,22-23,50-51,54-55H,3-4,6,8-9,12,15,18,21,24-49H2,1-2H3,(H,53,56)/b7-5-,11-10-,14-13-,17-16-,20-19-,23-22-. The molecule has 0 radical (unpaired) electrons. The molecule has 0 spiro atoms. The van der Waals surface area contributed by atoms with Gasteiger partial charge in [0.25, 0.3) is 0 Å². The molecule has 0 saturated carbocycles. The number of amides is 1. The maximum Gasteiger partial charge on any atom is 0.220 e. The van der Waals surface area contributed by atoms with Crippen LogP contribution in [-0.4, -0.2) is 34.9 Å². The molecule has 0 aromatic heterocycles. The zero-order chi connectivity index (χ0) is 40.7. The third kappa shape index (κ3) is 43.0. The zero-order valence-corrected chi connectivity index (χ0v) is 37.1. The Kier molecular flexibility index (Phi) is 45.4. The van der Waals surface area contributed by atoms with E-state index in [0.717, 1.165) is 64.2 Å². The minimum absolute atomic E-state index is 0.0382. The fourth-order valence-corrected chi connectivity index (χ4v) is 7.07. The number of hydrogen-bond donors (Lipinski definition) is 3. The second-order valence-electron chi connectivity index (χ2n) is 16.2. The van der Waals surface area contributed by atoms with Gasteiger partial charge in [-0.1, -0.05) is 234 Å². The van der Waals surface area contributed by atoms with Crippen molar-refractivity contribution in [2.24, 2.45) is 0 Å². The summed E-state index contributed by atoms with van der Waals surface area (Å²) in [6.45, 7) is 4.16. The predicted octanol–water partition coefficient (Wildman–Crippen LogP) is 15.5. The molecule has 0 rings (SSSR count). The number of carbonyl (C=O) groups excluding carboxylic acids is 1. The molecule has 4 heteroatoms. The molecule has 0 heterocycles. The quantitative estimate of drug-likeness (QED) is 0.0426. The number of hydrogen-bond acceptors (Lipinski definition) is 3. The van der Waals surface area contributed by atoms with E-state index in [4.69, 9.17) is 0 Å². The van der Waals surface area contributed by atoms with Crippen molar-refractivity contribution in [2.45, 2.75) is 244 Å². The summed E-state index contributed by atoms with van der Waals surface area (Å²) >= 11 is 0. The maximum atomic E-state index is 12.3. The number of allylic oxidation sites excluding steroid dienone is 12. The average Bonchev–Trinajstić information content (AvgIpc) is 3.20. The lowest BCUT2D eigenvalue weighted by molar-refractivity contribution is -0.123. The van der Waals surface area contributed by atoms with E-state index >= 15 is 0 Å². The summed E-state index contributed by atoms with van der Waals surface area (Å²) in [7, 11) is 0.